The Balaban J connectivity index is 1.45. The number of amidine groups is 1. The van der Waals surface area contributed by atoms with Gasteiger partial charge in [-0.25, -0.2) is 4.79 Å². The predicted octanol–water partition coefficient (Wildman–Crippen LogP) is 3.41. The molecule has 1 saturated carbocycles. The molecule has 0 aromatic carbocycles. The molecule has 8 heteroatoms. The van der Waals surface area contributed by atoms with E-state index >= 15 is 0 Å². The van der Waals surface area contributed by atoms with Crippen molar-refractivity contribution in [3.63, 3.8) is 0 Å². The number of carbonyl (C=O) groups is 2. The fourth-order valence-corrected chi connectivity index (χ4v) is 5.18. The molecule has 5 rings (SSSR count). The van der Waals surface area contributed by atoms with Crippen molar-refractivity contribution in [1.29, 1.82) is 0 Å². The predicted molar refractivity (Wildman–Crippen MR) is 122 cm³/mol. The Morgan fingerprint density at radius 1 is 1.03 bits per heavy atom. The molecule has 8 nitrogen and oxygen atoms in total. The highest BCUT2D eigenvalue weighted by atomic mass is 16.2. The molecule has 2 saturated heterocycles. The number of nitrogens with one attached hydrogen (secondary N) is 1. The average Bonchev–Trinajstić information content (AvgIpc) is 3.11. The van der Waals surface area contributed by atoms with Gasteiger partial charge in [-0.05, 0) is 49.9 Å². The zero-order chi connectivity index (χ0) is 22.0. The number of carbonyl (C=O) groups excluding carboxylic acids is 2. The lowest BCUT2D eigenvalue weighted by Gasteiger charge is -2.43. The van der Waals surface area contributed by atoms with Gasteiger partial charge in [0.2, 0.25) is 0 Å². The summed E-state index contributed by atoms with van der Waals surface area (Å²) in [5.74, 6) is 0.732. The van der Waals surface area contributed by atoms with Gasteiger partial charge in [0, 0.05) is 31.7 Å². The van der Waals surface area contributed by atoms with Gasteiger partial charge in [-0.1, -0.05) is 19.3 Å². The maximum atomic E-state index is 13.2. The molecule has 2 aromatic heterocycles. The SMILES string of the molecule is O=C(c1cccnc1)N1CCC2(CC1)C(=NC1CCCCC1)NC(=O)N2c1cccnc1. The zero-order valence-corrected chi connectivity index (χ0v) is 18.1. The lowest BCUT2D eigenvalue weighted by molar-refractivity contribution is 0.0699. The number of aliphatic imine (C=N–C) groups is 1. The first-order chi connectivity index (χ1) is 15.7. The first-order valence-corrected chi connectivity index (χ1v) is 11.5. The average molecular weight is 433 g/mol. The van der Waals surface area contributed by atoms with Gasteiger partial charge in [0.1, 0.15) is 11.4 Å². The van der Waals surface area contributed by atoms with Crippen LogP contribution in [0, 0.1) is 0 Å². The number of rotatable bonds is 3. The maximum absolute atomic E-state index is 13.2. The van der Waals surface area contributed by atoms with Gasteiger partial charge >= 0.3 is 6.03 Å². The van der Waals surface area contributed by atoms with Gasteiger partial charge in [-0.15, -0.1) is 0 Å². The van der Waals surface area contributed by atoms with E-state index in [1.54, 1.807) is 36.9 Å². The van der Waals surface area contributed by atoms with Crippen LogP contribution in [0.5, 0.6) is 0 Å². The largest absolute Gasteiger partial charge is 0.338 e. The number of aromatic nitrogens is 2. The summed E-state index contributed by atoms with van der Waals surface area (Å²) in [6.45, 7) is 1.09. The molecule has 3 aliphatic rings. The molecule has 0 bridgehead atoms. The molecule has 1 N–H and O–H groups in total. The van der Waals surface area contributed by atoms with Crippen LogP contribution in [0.1, 0.15) is 55.3 Å². The van der Waals surface area contributed by atoms with Gasteiger partial charge in [0.15, 0.2) is 0 Å². The van der Waals surface area contributed by atoms with Gasteiger partial charge < -0.3 is 4.90 Å². The van der Waals surface area contributed by atoms with E-state index in [1.807, 2.05) is 21.9 Å². The van der Waals surface area contributed by atoms with Crippen LogP contribution in [0.25, 0.3) is 0 Å². The Morgan fingerprint density at radius 3 is 2.41 bits per heavy atom. The van der Waals surface area contributed by atoms with Crippen LogP contribution in [0.15, 0.2) is 54.0 Å². The van der Waals surface area contributed by atoms with Crippen molar-refractivity contribution in [2.24, 2.45) is 4.99 Å². The Labute approximate surface area is 187 Å². The van der Waals surface area contributed by atoms with E-state index in [-0.39, 0.29) is 18.0 Å². The smallest absolute Gasteiger partial charge is 0.328 e. The second-order valence-electron chi connectivity index (χ2n) is 8.81. The molecule has 0 radical (unpaired) electrons. The van der Waals surface area contributed by atoms with E-state index in [9.17, 15) is 9.59 Å². The topological polar surface area (TPSA) is 90.8 Å². The van der Waals surface area contributed by atoms with Crippen molar-refractivity contribution in [3.8, 4) is 0 Å². The quantitative estimate of drug-likeness (QED) is 0.805. The second kappa shape index (κ2) is 8.68. The molecule has 3 amide bonds. The van der Waals surface area contributed by atoms with Crippen molar-refractivity contribution in [2.45, 2.75) is 56.5 Å². The first kappa shape index (κ1) is 20.6. The third kappa shape index (κ3) is 3.74. The van der Waals surface area contributed by atoms with Gasteiger partial charge in [0.25, 0.3) is 5.91 Å². The third-order valence-corrected chi connectivity index (χ3v) is 6.87. The van der Waals surface area contributed by atoms with Crippen LogP contribution in [-0.4, -0.2) is 57.3 Å². The molecule has 1 aliphatic carbocycles. The number of likely N-dealkylation sites (tertiary alicyclic amines) is 1. The lowest BCUT2D eigenvalue weighted by Crippen LogP contribution is -2.58. The van der Waals surface area contributed by atoms with E-state index in [4.69, 9.17) is 4.99 Å². The number of urea groups is 1. The number of hydrogen-bond donors (Lipinski definition) is 1. The second-order valence-corrected chi connectivity index (χ2v) is 8.81. The fraction of sp³-hybridized carbons (Fsp3) is 0.458. The highest BCUT2D eigenvalue weighted by molar-refractivity contribution is 6.19. The number of nitrogens with zero attached hydrogens (tertiary/aromatic N) is 5. The molecule has 2 aromatic rings. The molecule has 0 atom stereocenters. The normalized spacial score (nSPS) is 22.4. The fourth-order valence-electron chi connectivity index (χ4n) is 5.18. The van der Waals surface area contributed by atoms with E-state index in [2.05, 4.69) is 15.3 Å². The number of anilines is 1. The van der Waals surface area contributed by atoms with Crippen molar-refractivity contribution >= 4 is 23.5 Å². The summed E-state index contributed by atoms with van der Waals surface area (Å²) in [7, 11) is 0. The maximum Gasteiger partial charge on any atom is 0.328 e. The Kier molecular flexibility index (Phi) is 5.59. The molecule has 2 aliphatic heterocycles. The molecule has 166 valence electrons. The summed E-state index contributed by atoms with van der Waals surface area (Å²) in [5.41, 5.74) is 0.763. The van der Waals surface area contributed by atoms with Crippen LogP contribution in [0.2, 0.25) is 0 Å². The Bertz CT molecular complexity index is 996. The van der Waals surface area contributed by atoms with Crippen molar-refractivity contribution in [1.82, 2.24) is 20.2 Å². The Morgan fingerprint density at radius 2 is 1.75 bits per heavy atom. The van der Waals surface area contributed by atoms with Gasteiger partial charge in [-0.2, -0.15) is 0 Å². The van der Waals surface area contributed by atoms with Crippen LogP contribution < -0.4 is 10.2 Å². The Hall–Kier alpha value is -3.29. The monoisotopic (exact) mass is 432 g/mol. The zero-order valence-electron chi connectivity index (χ0n) is 18.1. The highest BCUT2D eigenvalue weighted by Crippen LogP contribution is 2.38. The molecule has 32 heavy (non-hydrogen) atoms. The summed E-state index contributed by atoms with van der Waals surface area (Å²) < 4.78 is 0. The highest BCUT2D eigenvalue weighted by Gasteiger charge is 2.53. The minimum Gasteiger partial charge on any atom is -0.338 e. The summed E-state index contributed by atoms with van der Waals surface area (Å²) in [5, 5.41) is 3.08. The summed E-state index contributed by atoms with van der Waals surface area (Å²) in [4.78, 5) is 43.2. The van der Waals surface area contributed by atoms with E-state index in [0.717, 1.165) is 24.4 Å². The number of amides is 3. The molecular weight excluding hydrogens is 404 g/mol. The van der Waals surface area contributed by atoms with Gasteiger partial charge in [0.05, 0.1) is 23.5 Å². The van der Waals surface area contributed by atoms with E-state index in [1.165, 1.54) is 19.3 Å². The van der Waals surface area contributed by atoms with Crippen molar-refractivity contribution in [3.05, 3.63) is 54.6 Å². The molecule has 0 unspecified atom stereocenters. The van der Waals surface area contributed by atoms with E-state index < -0.39 is 5.54 Å². The lowest BCUT2D eigenvalue weighted by atomic mass is 9.84. The molecule has 3 fully saturated rings. The minimum absolute atomic E-state index is 0.0241. The number of pyridine rings is 2. The van der Waals surface area contributed by atoms with Crippen LogP contribution in [-0.2, 0) is 0 Å². The summed E-state index contributed by atoms with van der Waals surface area (Å²) in [6, 6.07) is 7.40. The van der Waals surface area contributed by atoms with Crippen LogP contribution in [0.4, 0.5) is 10.5 Å². The van der Waals surface area contributed by atoms with Crippen molar-refractivity contribution < 1.29 is 9.59 Å². The third-order valence-electron chi connectivity index (χ3n) is 6.87. The molecular formula is C24H28N6O2. The van der Waals surface area contributed by atoms with Crippen molar-refractivity contribution in [2.75, 3.05) is 18.0 Å². The van der Waals surface area contributed by atoms with Crippen LogP contribution in [0.3, 0.4) is 0 Å². The number of piperidine rings is 1. The standard InChI is InChI=1S/C24H28N6O2/c31-21(18-6-4-12-25-16-18)29-14-10-24(11-15-29)22(27-19-7-2-1-3-8-19)28-23(32)30(24)20-9-5-13-26-17-20/h4-6,9,12-13,16-17,19H,1-3,7-8,10-11,14-15H2,(H,27,28,32). The van der Waals surface area contributed by atoms with E-state index in [0.29, 0.717) is 31.5 Å². The summed E-state index contributed by atoms with van der Waals surface area (Å²) in [6.07, 6.45) is 13.7. The molecule has 4 heterocycles. The minimum atomic E-state index is -0.580. The number of hydrogen-bond acceptors (Lipinski definition) is 5. The molecule has 1 spiro atoms. The first-order valence-electron chi connectivity index (χ1n) is 11.5. The van der Waals surface area contributed by atoms with Crippen LogP contribution >= 0.6 is 0 Å². The summed E-state index contributed by atoms with van der Waals surface area (Å²) >= 11 is 0. The van der Waals surface area contributed by atoms with Gasteiger partial charge in [-0.3, -0.25) is 30.0 Å².